The number of carbonyl (C=O) groups is 2. The number of rotatable bonds is 6. The summed E-state index contributed by atoms with van der Waals surface area (Å²) in [5, 5.41) is 9.85. The van der Waals surface area contributed by atoms with Gasteiger partial charge in [-0.05, 0) is 47.5 Å². The Kier molecular flexibility index (Phi) is 6.86. The first kappa shape index (κ1) is 20.8. The lowest BCUT2D eigenvalue weighted by Crippen LogP contribution is -2.21. The molecule has 7 heteroatoms. The third-order valence-electron chi connectivity index (χ3n) is 4.30. The summed E-state index contributed by atoms with van der Waals surface area (Å²) in [6.07, 6.45) is 0.0148. The lowest BCUT2D eigenvalue weighted by atomic mass is 10.0. The maximum absolute atomic E-state index is 12.0. The molecule has 0 aliphatic rings. The fourth-order valence-corrected chi connectivity index (χ4v) is 3.17. The van der Waals surface area contributed by atoms with Crippen molar-refractivity contribution in [1.82, 2.24) is 5.43 Å². The molecule has 148 valence electrons. The van der Waals surface area contributed by atoms with Gasteiger partial charge in [-0.15, -0.1) is 0 Å². The molecule has 2 amide bonds. The quantitative estimate of drug-likeness (QED) is 0.407. The summed E-state index contributed by atoms with van der Waals surface area (Å²) in [5.41, 5.74) is 4.54. The van der Waals surface area contributed by atoms with Crippen LogP contribution in [-0.2, 0) is 9.59 Å². The zero-order chi connectivity index (χ0) is 20.8. The number of nitrogens with zero attached hydrogens (tertiary/aromatic N) is 1. The van der Waals surface area contributed by atoms with E-state index in [1.165, 1.54) is 6.07 Å². The van der Waals surface area contributed by atoms with Crippen LogP contribution in [0.25, 0.3) is 10.8 Å². The monoisotopic (exact) mass is 427 g/mol. The molecule has 0 aliphatic heterocycles. The average molecular weight is 428 g/mol. The van der Waals surface area contributed by atoms with Crippen LogP contribution in [0.2, 0.25) is 10.0 Å². The summed E-state index contributed by atoms with van der Waals surface area (Å²) in [5.74, 6) is -0.665. The van der Waals surface area contributed by atoms with Crippen LogP contribution in [0.1, 0.15) is 25.3 Å². The number of nitrogens with one attached hydrogen (secondary N) is 2. The van der Waals surface area contributed by atoms with E-state index in [1.54, 1.807) is 12.1 Å². The number of halogens is 2. The maximum atomic E-state index is 12.0. The van der Waals surface area contributed by atoms with Crippen molar-refractivity contribution in [1.29, 1.82) is 0 Å². The van der Waals surface area contributed by atoms with E-state index in [-0.39, 0.29) is 24.7 Å². The van der Waals surface area contributed by atoms with Crippen LogP contribution in [0.15, 0.2) is 65.8 Å². The largest absolute Gasteiger partial charge is 0.325 e. The Bertz CT molecular complexity index is 1100. The van der Waals surface area contributed by atoms with Crippen molar-refractivity contribution in [3.8, 4) is 0 Å². The van der Waals surface area contributed by atoms with Crippen LogP contribution in [0.4, 0.5) is 5.69 Å². The Balaban J connectivity index is 1.52. The zero-order valence-electron chi connectivity index (χ0n) is 15.7. The molecule has 0 saturated carbocycles. The number of hydrazone groups is 1. The summed E-state index contributed by atoms with van der Waals surface area (Å²) < 4.78 is 0. The van der Waals surface area contributed by atoms with E-state index >= 15 is 0 Å². The molecule has 0 atom stereocenters. The molecule has 2 N–H and O–H groups in total. The smallest absolute Gasteiger partial charge is 0.240 e. The second-order valence-corrected chi connectivity index (χ2v) is 7.31. The SMILES string of the molecule is C/C(=N\NC(=O)CCC(=O)Nc1ccc(Cl)cc1Cl)c1ccc2ccccc2c1. The van der Waals surface area contributed by atoms with Crippen LogP contribution >= 0.6 is 23.2 Å². The highest BCUT2D eigenvalue weighted by Gasteiger charge is 2.09. The molecule has 3 aromatic carbocycles. The topological polar surface area (TPSA) is 70.6 Å². The van der Waals surface area contributed by atoms with Gasteiger partial charge in [-0.2, -0.15) is 5.10 Å². The van der Waals surface area contributed by atoms with E-state index < -0.39 is 0 Å². The summed E-state index contributed by atoms with van der Waals surface area (Å²) in [4.78, 5) is 24.0. The standard InChI is InChI=1S/C22H19Cl2N3O2/c1-14(16-7-6-15-4-2-3-5-17(15)12-16)26-27-22(29)11-10-21(28)25-20-9-8-18(23)13-19(20)24/h2-9,12-13H,10-11H2,1H3,(H,25,28)(H,27,29)/b26-14+. The molecule has 0 aliphatic carbocycles. The van der Waals surface area contributed by atoms with E-state index in [2.05, 4.69) is 15.8 Å². The third-order valence-corrected chi connectivity index (χ3v) is 4.85. The number of benzene rings is 3. The van der Waals surface area contributed by atoms with E-state index in [1.807, 2.05) is 49.4 Å². The minimum atomic E-state index is -0.345. The van der Waals surface area contributed by atoms with Crippen LogP contribution < -0.4 is 10.7 Å². The second-order valence-electron chi connectivity index (χ2n) is 6.47. The lowest BCUT2D eigenvalue weighted by molar-refractivity contribution is -0.124. The zero-order valence-corrected chi connectivity index (χ0v) is 17.2. The van der Waals surface area contributed by atoms with Crippen LogP contribution in [-0.4, -0.2) is 17.5 Å². The first-order chi connectivity index (χ1) is 13.9. The van der Waals surface area contributed by atoms with Gasteiger partial charge in [-0.1, -0.05) is 59.6 Å². The van der Waals surface area contributed by atoms with E-state index in [0.717, 1.165) is 16.3 Å². The van der Waals surface area contributed by atoms with Gasteiger partial charge in [-0.25, -0.2) is 5.43 Å². The van der Waals surface area contributed by atoms with Gasteiger partial charge in [0, 0.05) is 17.9 Å². The van der Waals surface area contributed by atoms with E-state index in [0.29, 0.717) is 21.4 Å². The highest BCUT2D eigenvalue weighted by molar-refractivity contribution is 6.36. The molecule has 29 heavy (non-hydrogen) atoms. The molecule has 3 rings (SSSR count). The summed E-state index contributed by atoms with van der Waals surface area (Å²) >= 11 is 11.8. The third kappa shape index (κ3) is 5.79. The van der Waals surface area contributed by atoms with Gasteiger partial charge in [0.1, 0.15) is 0 Å². The van der Waals surface area contributed by atoms with Crippen LogP contribution in [0.3, 0.4) is 0 Å². The van der Waals surface area contributed by atoms with Crippen molar-refractivity contribution >= 4 is 57.2 Å². The minimum Gasteiger partial charge on any atom is -0.325 e. The summed E-state index contributed by atoms with van der Waals surface area (Å²) in [6, 6.07) is 18.8. The van der Waals surface area contributed by atoms with Crippen LogP contribution in [0, 0.1) is 0 Å². The molecule has 0 spiro atoms. The molecule has 0 saturated heterocycles. The van der Waals surface area contributed by atoms with Gasteiger partial charge in [0.05, 0.1) is 16.4 Å². The number of fused-ring (bicyclic) bond motifs is 1. The molecule has 0 aromatic heterocycles. The molecule has 0 unspecified atom stereocenters. The van der Waals surface area contributed by atoms with Gasteiger partial charge >= 0.3 is 0 Å². The van der Waals surface area contributed by atoms with E-state index in [9.17, 15) is 9.59 Å². The number of anilines is 1. The van der Waals surface area contributed by atoms with Crippen molar-refractivity contribution in [2.24, 2.45) is 5.10 Å². The molecule has 5 nitrogen and oxygen atoms in total. The van der Waals surface area contributed by atoms with E-state index in [4.69, 9.17) is 23.2 Å². The summed E-state index contributed by atoms with van der Waals surface area (Å²) in [7, 11) is 0. The molecule has 0 fully saturated rings. The first-order valence-electron chi connectivity index (χ1n) is 8.99. The fraction of sp³-hybridized carbons (Fsp3) is 0.136. The Morgan fingerprint density at radius 1 is 0.897 bits per heavy atom. The average Bonchev–Trinajstić information content (AvgIpc) is 2.72. The molecule has 0 bridgehead atoms. The van der Waals surface area contributed by atoms with Gasteiger partial charge < -0.3 is 5.32 Å². The van der Waals surface area contributed by atoms with Crippen molar-refractivity contribution in [3.05, 3.63) is 76.3 Å². The van der Waals surface area contributed by atoms with Crippen molar-refractivity contribution in [3.63, 3.8) is 0 Å². The predicted octanol–water partition coefficient (Wildman–Crippen LogP) is 5.41. The van der Waals surface area contributed by atoms with Gasteiger partial charge in [0.2, 0.25) is 11.8 Å². The Morgan fingerprint density at radius 3 is 2.38 bits per heavy atom. The Morgan fingerprint density at radius 2 is 1.62 bits per heavy atom. The van der Waals surface area contributed by atoms with Crippen molar-refractivity contribution in [2.45, 2.75) is 19.8 Å². The maximum Gasteiger partial charge on any atom is 0.240 e. The minimum absolute atomic E-state index is 0.00550. The van der Waals surface area contributed by atoms with Crippen molar-refractivity contribution < 1.29 is 9.59 Å². The van der Waals surface area contributed by atoms with Gasteiger partial charge in [0.25, 0.3) is 0 Å². The molecular formula is C22H19Cl2N3O2. The highest BCUT2D eigenvalue weighted by atomic mass is 35.5. The molecule has 0 radical (unpaired) electrons. The molecular weight excluding hydrogens is 409 g/mol. The molecule has 3 aromatic rings. The number of hydrogen-bond acceptors (Lipinski definition) is 3. The van der Waals surface area contributed by atoms with Crippen LogP contribution in [0.5, 0.6) is 0 Å². The molecule has 0 heterocycles. The van der Waals surface area contributed by atoms with Gasteiger partial charge in [0.15, 0.2) is 0 Å². The predicted molar refractivity (Wildman–Crippen MR) is 119 cm³/mol. The summed E-state index contributed by atoms with van der Waals surface area (Å²) in [6.45, 7) is 1.82. The number of hydrogen-bond donors (Lipinski definition) is 2. The Hall–Kier alpha value is -2.89. The normalized spacial score (nSPS) is 11.3. The first-order valence-corrected chi connectivity index (χ1v) is 9.75. The second kappa shape index (κ2) is 9.54. The lowest BCUT2D eigenvalue weighted by Gasteiger charge is -2.07. The number of carbonyl (C=O) groups excluding carboxylic acids is 2. The Labute approximate surface area is 178 Å². The number of amides is 2. The fourth-order valence-electron chi connectivity index (χ4n) is 2.71. The van der Waals surface area contributed by atoms with Crippen molar-refractivity contribution in [2.75, 3.05) is 5.32 Å². The van der Waals surface area contributed by atoms with Gasteiger partial charge in [-0.3, -0.25) is 9.59 Å². The highest BCUT2D eigenvalue weighted by Crippen LogP contribution is 2.25.